The zero-order chi connectivity index (χ0) is 13.5. The summed E-state index contributed by atoms with van der Waals surface area (Å²) in [4.78, 5) is 10.8. The second-order valence-electron chi connectivity index (χ2n) is 4.95. The van der Waals surface area contributed by atoms with E-state index in [1.54, 1.807) is 6.33 Å². The summed E-state index contributed by atoms with van der Waals surface area (Å²) in [7, 11) is 2.17. The molecule has 6 heteroatoms. The molecule has 1 fully saturated rings. The van der Waals surface area contributed by atoms with Crippen LogP contribution in [0, 0.1) is 0 Å². The Balaban J connectivity index is 1.74. The summed E-state index contributed by atoms with van der Waals surface area (Å²) in [6.07, 6.45) is 2.69. The van der Waals surface area contributed by atoms with Crippen LogP contribution in [0.4, 0.5) is 11.6 Å². The quantitative estimate of drug-likeness (QED) is 0.700. The van der Waals surface area contributed by atoms with Crippen LogP contribution in [-0.2, 0) is 0 Å². The fourth-order valence-electron chi connectivity index (χ4n) is 2.29. The summed E-state index contributed by atoms with van der Waals surface area (Å²) < 4.78 is 0. The van der Waals surface area contributed by atoms with Crippen molar-refractivity contribution in [2.75, 3.05) is 50.4 Å². The van der Waals surface area contributed by atoms with Gasteiger partial charge in [-0.15, -0.1) is 0 Å². The van der Waals surface area contributed by atoms with E-state index in [0.717, 1.165) is 50.8 Å². The average molecular weight is 264 g/mol. The van der Waals surface area contributed by atoms with Gasteiger partial charge in [-0.25, -0.2) is 9.97 Å². The number of hydrogen-bond acceptors (Lipinski definition) is 6. The zero-order valence-corrected chi connectivity index (χ0v) is 11.8. The molecule has 0 saturated carbocycles. The fourth-order valence-corrected chi connectivity index (χ4v) is 2.29. The summed E-state index contributed by atoms with van der Waals surface area (Å²) >= 11 is 0. The Labute approximate surface area is 115 Å². The highest BCUT2D eigenvalue weighted by Crippen LogP contribution is 2.08. The van der Waals surface area contributed by atoms with Gasteiger partial charge in [-0.05, 0) is 20.4 Å². The van der Waals surface area contributed by atoms with E-state index in [2.05, 4.69) is 44.8 Å². The number of rotatable bonds is 6. The maximum Gasteiger partial charge on any atom is 0.131 e. The Hall–Kier alpha value is -1.40. The van der Waals surface area contributed by atoms with Gasteiger partial charge in [0.25, 0.3) is 0 Å². The molecule has 2 heterocycles. The van der Waals surface area contributed by atoms with Gasteiger partial charge in [-0.3, -0.25) is 0 Å². The molecular weight excluding hydrogens is 240 g/mol. The first-order valence-electron chi connectivity index (χ1n) is 6.99. The number of anilines is 2. The van der Waals surface area contributed by atoms with Crippen molar-refractivity contribution in [3.05, 3.63) is 12.4 Å². The Bertz CT molecular complexity index is 383. The number of nitrogens with zero attached hydrogens (tertiary/aromatic N) is 3. The summed E-state index contributed by atoms with van der Waals surface area (Å²) in [5.41, 5.74) is 0. The lowest BCUT2D eigenvalue weighted by atomic mass is 10.1. The smallest absolute Gasteiger partial charge is 0.131 e. The zero-order valence-electron chi connectivity index (χ0n) is 11.8. The number of hydrogen-bond donors (Lipinski definition) is 3. The molecule has 1 saturated heterocycles. The van der Waals surface area contributed by atoms with Crippen molar-refractivity contribution in [3.8, 4) is 0 Å². The maximum absolute atomic E-state index is 4.23. The average Bonchev–Trinajstić information content (AvgIpc) is 2.40. The van der Waals surface area contributed by atoms with Crippen LogP contribution in [0.3, 0.4) is 0 Å². The first-order valence-corrected chi connectivity index (χ1v) is 6.99. The van der Waals surface area contributed by atoms with Crippen molar-refractivity contribution in [2.24, 2.45) is 0 Å². The van der Waals surface area contributed by atoms with Gasteiger partial charge < -0.3 is 20.9 Å². The van der Waals surface area contributed by atoms with Gasteiger partial charge >= 0.3 is 0 Å². The Morgan fingerprint density at radius 3 is 2.89 bits per heavy atom. The van der Waals surface area contributed by atoms with E-state index in [-0.39, 0.29) is 0 Å². The van der Waals surface area contributed by atoms with E-state index in [1.807, 2.05) is 6.07 Å². The van der Waals surface area contributed by atoms with Gasteiger partial charge in [0.1, 0.15) is 18.0 Å². The van der Waals surface area contributed by atoms with E-state index >= 15 is 0 Å². The van der Waals surface area contributed by atoms with Gasteiger partial charge in [-0.2, -0.15) is 0 Å². The van der Waals surface area contributed by atoms with Crippen LogP contribution in [0.2, 0.25) is 0 Å². The molecule has 0 amide bonds. The number of piperazine rings is 1. The van der Waals surface area contributed by atoms with Crippen molar-refractivity contribution in [3.63, 3.8) is 0 Å². The topological polar surface area (TPSA) is 65.1 Å². The second-order valence-corrected chi connectivity index (χ2v) is 4.95. The first kappa shape index (κ1) is 14.0. The first-order chi connectivity index (χ1) is 9.28. The van der Waals surface area contributed by atoms with Crippen LogP contribution in [-0.4, -0.2) is 60.7 Å². The third-order valence-corrected chi connectivity index (χ3v) is 3.28. The van der Waals surface area contributed by atoms with Crippen LogP contribution < -0.4 is 16.0 Å². The van der Waals surface area contributed by atoms with Crippen LogP contribution in [0.5, 0.6) is 0 Å². The highest BCUT2D eigenvalue weighted by atomic mass is 15.2. The van der Waals surface area contributed by atoms with Crippen LogP contribution in [0.1, 0.15) is 13.3 Å². The molecule has 0 aliphatic carbocycles. The second kappa shape index (κ2) is 7.25. The highest BCUT2D eigenvalue weighted by molar-refractivity contribution is 5.46. The van der Waals surface area contributed by atoms with Gasteiger partial charge in [0.15, 0.2) is 0 Å². The molecule has 106 valence electrons. The third kappa shape index (κ3) is 4.65. The SMILES string of the molecule is CCNc1cc(NCCC2CN(C)CCN2)ncn1. The van der Waals surface area contributed by atoms with E-state index < -0.39 is 0 Å². The molecule has 2 rings (SSSR count). The van der Waals surface area contributed by atoms with Crippen LogP contribution >= 0.6 is 0 Å². The van der Waals surface area contributed by atoms with Gasteiger partial charge in [0.2, 0.25) is 0 Å². The number of nitrogens with one attached hydrogen (secondary N) is 3. The van der Waals surface area contributed by atoms with Crippen LogP contribution in [0.15, 0.2) is 12.4 Å². The molecule has 1 aromatic rings. The summed E-state index contributed by atoms with van der Waals surface area (Å²) in [6.45, 7) is 7.19. The molecule has 0 bridgehead atoms. The van der Waals surface area contributed by atoms with Gasteiger partial charge in [0, 0.05) is 44.8 Å². The summed E-state index contributed by atoms with van der Waals surface area (Å²) in [5.74, 6) is 1.76. The Morgan fingerprint density at radius 1 is 1.37 bits per heavy atom. The lowest BCUT2D eigenvalue weighted by Gasteiger charge is -2.30. The lowest BCUT2D eigenvalue weighted by molar-refractivity contribution is 0.234. The van der Waals surface area contributed by atoms with Gasteiger partial charge in [-0.1, -0.05) is 0 Å². The summed E-state index contributed by atoms with van der Waals surface area (Å²) in [5, 5.41) is 10.1. The number of aromatic nitrogens is 2. The van der Waals surface area contributed by atoms with E-state index in [9.17, 15) is 0 Å². The van der Waals surface area contributed by atoms with E-state index in [0.29, 0.717) is 6.04 Å². The van der Waals surface area contributed by atoms with Gasteiger partial charge in [0.05, 0.1) is 0 Å². The largest absolute Gasteiger partial charge is 0.370 e. The summed E-state index contributed by atoms with van der Waals surface area (Å²) in [6, 6.07) is 2.52. The highest BCUT2D eigenvalue weighted by Gasteiger charge is 2.15. The molecule has 19 heavy (non-hydrogen) atoms. The Morgan fingerprint density at radius 2 is 2.16 bits per heavy atom. The molecule has 1 aliphatic heterocycles. The molecule has 1 unspecified atom stereocenters. The monoisotopic (exact) mass is 264 g/mol. The van der Waals surface area contributed by atoms with Crippen molar-refractivity contribution < 1.29 is 0 Å². The van der Waals surface area contributed by atoms with Crippen molar-refractivity contribution in [1.29, 1.82) is 0 Å². The minimum atomic E-state index is 0.571. The molecule has 1 aromatic heterocycles. The molecule has 0 radical (unpaired) electrons. The standard InChI is InChI=1S/C13H24N6/c1-3-14-12-8-13(18-10-17-12)16-5-4-11-9-19(2)7-6-15-11/h8,10-11,15H,3-7,9H2,1-2H3,(H2,14,16,17,18). The van der Waals surface area contributed by atoms with Crippen molar-refractivity contribution in [1.82, 2.24) is 20.2 Å². The molecule has 1 atom stereocenters. The fraction of sp³-hybridized carbons (Fsp3) is 0.692. The third-order valence-electron chi connectivity index (χ3n) is 3.28. The van der Waals surface area contributed by atoms with E-state index in [4.69, 9.17) is 0 Å². The number of likely N-dealkylation sites (N-methyl/N-ethyl adjacent to an activating group) is 1. The van der Waals surface area contributed by atoms with E-state index in [1.165, 1.54) is 0 Å². The predicted molar refractivity (Wildman–Crippen MR) is 78.6 cm³/mol. The molecule has 0 spiro atoms. The Kier molecular flexibility index (Phi) is 5.35. The molecule has 3 N–H and O–H groups in total. The molecule has 0 aromatic carbocycles. The lowest BCUT2D eigenvalue weighted by Crippen LogP contribution is -2.49. The molecular formula is C13H24N6. The minimum Gasteiger partial charge on any atom is -0.370 e. The van der Waals surface area contributed by atoms with Crippen molar-refractivity contribution in [2.45, 2.75) is 19.4 Å². The predicted octanol–water partition coefficient (Wildman–Crippen LogP) is 0.614. The minimum absolute atomic E-state index is 0.571. The normalized spacial score (nSPS) is 20.2. The van der Waals surface area contributed by atoms with Crippen LogP contribution in [0.25, 0.3) is 0 Å². The van der Waals surface area contributed by atoms with Crippen molar-refractivity contribution >= 4 is 11.6 Å². The molecule has 6 nitrogen and oxygen atoms in total. The molecule has 1 aliphatic rings. The maximum atomic E-state index is 4.23.